The Kier molecular flexibility index (Phi) is 4.57. The number of anilines is 1. The highest BCUT2D eigenvalue weighted by Crippen LogP contribution is 2.40. The second kappa shape index (κ2) is 7.19. The van der Waals surface area contributed by atoms with Crippen molar-refractivity contribution in [2.75, 3.05) is 11.9 Å². The number of nitrogens with two attached hydrogens (primary N) is 1. The lowest BCUT2D eigenvalue weighted by atomic mass is 9.86. The van der Waals surface area contributed by atoms with Crippen molar-refractivity contribution in [2.24, 2.45) is 5.73 Å². The molecule has 1 aromatic heterocycles. The van der Waals surface area contributed by atoms with Crippen LogP contribution in [-0.2, 0) is 9.59 Å². The molecule has 3 N–H and O–H groups in total. The molecule has 4 rings (SSSR count). The molecule has 28 heavy (non-hydrogen) atoms. The van der Waals surface area contributed by atoms with E-state index in [1.165, 1.54) is 0 Å². The van der Waals surface area contributed by atoms with Gasteiger partial charge in [0, 0.05) is 17.9 Å². The van der Waals surface area contributed by atoms with Crippen LogP contribution in [0.1, 0.15) is 29.2 Å². The molecular formula is C21H20N4O3. The molecule has 0 fully saturated rings. The van der Waals surface area contributed by atoms with Gasteiger partial charge in [0.05, 0.1) is 11.4 Å². The normalized spacial score (nSPS) is 15.6. The third-order valence-electron chi connectivity index (χ3n) is 4.77. The summed E-state index contributed by atoms with van der Waals surface area (Å²) in [5.74, 6) is 0.579. The second-order valence-corrected chi connectivity index (χ2v) is 6.72. The number of primary amides is 1. The van der Waals surface area contributed by atoms with Crippen LogP contribution in [0.25, 0.3) is 5.69 Å². The molecule has 3 aromatic rings. The monoisotopic (exact) mass is 376 g/mol. The molecule has 2 aromatic carbocycles. The minimum atomic E-state index is -0.526. The number of ether oxygens (including phenoxy) is 1. The summed E-state index contributed by atoms with van der Waals surface area (Å²) in [7, 11) is 0. The first-order valence-corrected chi connectivity index (χ1v) is 8.99. The standard InChI is InChI=1S/C21H20N4O3/c1-13-20-17(14-7-9-16(10-8-14)28-12-18(22)26)11-19(27)23-21(20)25(24-13)15-5-3-2-4-6-15/h2-10,17H,11-12H2,1H3,(H2,22,26)(H,23,27)/t17-/m1/s1. The van der Waals surface area contributed by atoms with Gasteiger partial charge in [-0.25, -0.2) is 4.68 Å². The Hall–Kier alpha value is -3.61. The van der Waals surface area contributed by atoms with Crippen LogP contribution in [0.5, 0.6) is 5.75 Å². The molecule has 0 unspecified atom stereocenters. The Bertz CT molecular complexity index is 1030. The predicted octanol–water partition coefficient (Wildman–Crippen LogP) is 2.52. The zero-order valence-corrected chi connectivity index (χ0v) is 15.4. The number of nitrogens with zero attached hydrogens (tertiary/aromatic N) is 2. The lowest BCUT2D eigenvalue weighted by Gasteiger charge is -2.24. The first kappa shape index (κ1) is 17.8. The van der Waals surface area contributed by atoms with E-state index in [0.717, 1.165) is 22.5 Å². The molecule has 1 aliphatic heterocycles. The van der Waals surface area contributed by atoms with Crippen molar-refractivity contribution in [2.45, 2.75) is 19.3 Å². The average Bonchev–Trinajstić information content (AvgIpc) is 3.03. The first-order valence-electron chi connectivity index (χ1n) is 8.99. The number of carbonyl (C=O) groups excluding carboxylic acids is 2. The Morgan fingerprint density at radius 1 is 1.21 bits per heavy atom. The molecule has 1 aliphatic rings. The number of rotatable bonds is 5. The molecule has 0 aliphatic carbocycles. The maximum Gasteiger partial charge on any atom is 0.255 e. The molecule has 0 spiro atoms. The first-order chi connectivity index (χ1) is 13.5. The quantitative estimate of drug-likeness (QED) is 0.715. The minimum Gasteiger partial charge on any atom is -0.484 e. The van der Waals surface area contributed by atoms with Gasteiger partial charge in [-0.15, -0.1) is 0 Å². The summed E-state index contributed by atoms with van der Waals surface area (Å²) < 4.78 is 7.09. The number of hydrogen-bond acceptors (Lipinski definition) is 4. The van der Waals surface area contributed by atoms with Crippen molar-refractivity contribution in [1.29, 1.82) is 0 Å². The summed E-state index contributed by atoms with van der Waals surface area (Å²) in [5.41, 5.74) is 8.86. The SMILES string of the molecule is Cc1nn(-c2ccccc2)c2c1[C@@H](c1ccc(OCC(N)=O)cc1)CC(=O)N2. The summed E-state index contributed by atoms with van der Waals surface area (Å²) in [6, 6.07) is 17.1. The molecular weight excluding hydrogens is 356 g/mol. The predicted molar refractivity (Wildman–Crippen MR) is 105 cm³/mol. The van der Waals surface area contributed by atoms with Crippen molar-refractivity contribution in [3.63, 3.8) is 0 Å². The maximum atomic E-state index is 12.4. The van der Waals surface area contributed by atoms with E-state index in [-0.39, 0.29) is 18.4 Å². The lowest BCUT2D eigenvalue weighted by Crippen LogP contribution is -2.25. The topological polar surface area (TPSA) is 99.2 Å². The van der Waals surface area contributed by atoms with Gasteiger partial charge in [-0.2, -0.15) is 5.10 Å². The van der Waals surface area contributed by atoms with E-state index < -0.39 is 5.91 Å². The fourth-order valence-corrected chi connectivity index (χ4v) is 3.54. The third kappa shape index (κ3) is 3.34. The summed E-state index contributed by atoms with van der Waals surface area (Å²) in [4.78, 5) is 23.3. The van der Waals surface area contributed by atoms with Crippen LogP contribution < -0.4 is 15.8 Å². The van der Waals surface area contributed by atoms with Crippen molar-refractivity contribution < 1.29 is 14.3 Å². The Balaban J connectivity index is 1.70. The van der Waals surface area contributed by atoms with Crippen molar-refractivity contribution >= 4 is 17.6 Å². The number of para-hydroxylation sites is 1. The number of carbonyl (C=O) groups is 2. The smallest absolute Gasteiger partial charge is 0.255 e. The zero-order valence-electron chi connectivity index (χ0n) is 15.4. The highest BCUT2D eigenvalue weighted by atomic mass is 16.5. The Morgan fingerprint density at radius 2 is 1.93 bits per heavy atom. The van der Waals surface area contributed by atoms with Crippen LogP contribution in [0.15, 0.2) is 54.6 Å². The maximum absolute atomic E-state index is 12.4. The number of hydrogen-bond donors (Lipinski definition) is 2. The van der Waals surface area contributed by atoms with Crippen molar-refractivity contribution in [1.82, 2.24) is 9.78 Å². The number of amides is 2. The van der Waals surface area contributed by atoms with E-state index in [4.69, 9.17) is 10.5 Å². The number of aromatic nitrogens is 2. The van der Waals surface area contributed by atoms with Gasteiger partial charge in [-0.3, -0.25) is 9.59 Å². The largest absolute Gasteiger partial charge is 0.484 e. The number of benzene rings is 2. The van der Waals surface area contributed by atoms with Gasteiger partial charge in [0.15, 0.2) is 6.61 Å². The summed E-state index contributed by atoms with van der Waals surface area (Å²) in [6.45, 7) is 1.78. The van der Waals surface area contributed by atoms with Crippen LogP contribution in [0.4, 0.5) is 5.82 Å². The van der Waals surface area contributed by atoms with Crippen LogP contribution in [0, 0.1) is 6.92 Å². The van der Waals surface area contributed by atoms with E-state index in [9.17, 15) is 9.59 Å². The van der Waals surface area contributed by atoms with Gasteiger partial charge in [0.25, 0.3) is 5.91 Å². The van der Waals surface area contributed by atoms with Gasteiger partial charge in [0.2, 0.25) is 5.91 Å². The van der Waals surface area contributed by atoms with Crippen LogP contribution in [0.3, 0.4) is 0 Å². The highest BCUT2D eigenvalue weighted by Gasteiger charge is 2.32. The minimum absolute atomic E-state index is 0.0522. The van der Waals surface area contributed by atoms with Gasteiger partial charge in [-0.1, -0.05) is 30.3 Å². The molecule has 0 radical (unpaired) electrons. The average molecular weight is 376 g/mol. The highest BCUT2D eigenvalue weighted by molar-refractivity contribution is 5.95. The Morgan fingerprint density at radius 3 is 2.61 bits per heavy atom. The van der Waals surface area contributed by atoms with Gasteiger partial charge >= 0.3 is 0 Å². The van der Waals surface area contributed by atoms with Crippen molar-refractivity contribution in [3.05, 3.63) is 71.4 Å². The van der Waals surface area contributed by atoms with Crippen LogP contribution in [-0.4, -0.2) is 28.2 Å². The molecule has 2 amide bonds. The summed E-state index contributed by atoms with van der Waals surface area (Å²) in [6.07, 6.45) is 0.343. The van der Waals surface area contributed by atoms with E-state index in [0.29, 0.717) is 18.0 Å². The molecule has 142 valence electrons. The summed E-state index contributed by atoms with van der Waals surface area (Å²) in [5, 5.41) is 7.64. The van der Waals surface area contributed by atoms with Gasteiger partial charge in [-0.05, 0) is 36.8 Å². The van der Waals surface area contributed by atoms with Gasteiger partial charge < -0.3 is 15.8 Å². The van der Waals surface area contributed by atoms with Crippen LogP contribution >= 0.6 is 0 Å². The number of nitrogens with one attached hydrogen (secondary N) is 1. The molecule has 0 saturated heterocycles. The molecule has 0 bridgehead atoms. The van der Waals surface area contributed by atoms with E-state index >= 15 is 0 Å². The number of fused-ring (bicyclic) bond motifs is 1. The van der Waals surface area contributed by atoms with E-state index in [1.807, 2.05) is 49.4 Å². The second-order valence-electron chi connectivity index (χ2n) is 6.72. The molecule has 0 saturated carbocycles. The fraction of sp³-hybridized carbons (Fsp3) is 0.190. The molecule has 1 atom stereocenters. The summed E-state index contributed by atoms with van der Waals surface area (Å²) >= 11 is 0. The Labute approximate surface area is 162 Å². The third-order valence-corrected chi connectivity index (χ3v) is 4.77. The van der Waals surface area contributed by atoms with E-state index in [1.54, 1.807) is 16.8 Å². The molecule has 2 heterocycles. The van der Waals surface area contributed by atoms with Gasteiger partial charge in [0.1, 0.15) is 11.6 Å². The molecule has 7 nitrogen and oxygen atoms in total. The van der Waals surface area contributed by atoms with Crippen molar-refractivity contribution in [3.8, 4) is 11.4 Å². The van der Waals surface area contributed by atoms with E-state index in [2.05, 4.69) is 10.4 Å². The lowest BCUT2D eigenvalue weighted by molar-refractivity contribution is -0.120. The molecule has 7 heteroatoms. The number of aryl methyl sites for hydroxylation is 1. The zero-order chi connectivity index (χ0) is 19.7. The van der Waals surface area contributed by atoms with Crippen LogP contribution in [0.2, 0.25) is 0 Å². The fourth-order valence-electron chi connectivity index (χ4n) is 3.54.